The molecule has 0 saturated heterocycles. The Balaban J connectivity index is 1.78. The minimum absolute atomic E-state index is 0.134. The van der Waals surface area contributed by atoms with Gasteiger partial charge in [0.2, 0.25) is 0 Å². The van der Waals surface area contributed by atoms with Crippen LogP contribution in [0, 0.1) is 6.92 Å². The molecule has 1 unspecified atom stereocenters. The van der Waals surface area contributed by atoms with E-state index in [1.165, 1.54) is 12.1 Å². The number of hydrogen-bond acceptors (Lipinski definition) is 2. The predicted molar refractivity (Wildman–Crippen MR) is 113 cm³/mol. The van der Waals surface area contributed by atoms with Crippen LogP contribution in [0.25, 0.3) is 11.1 Å². The van der Waals surface area contributed by atoms with E-state index < -0.39 is 24.0 Å². The van der Waals surface area contributed by atoms with Crippen molar-refractivity contribution < 1.29 is 27.0 Å². The number of alkyl halides is 4. The lowest BCUT2D eigenvalue weighted by atomic mass is 9.95. The molecular weight excluding hydrogens is 408 g/mol. The molecule has 0 aliphatic rings. The van der Waals surface area contributed by atoms with Gasteiger partial charge in [-0.3, -0.25) is 0 Å². The first-order valence-electron chi connectivity index (χ1n) is 9.97. The van der Waals surface area contributed by atoms with Crippen molar-refractivity contribution in [3.63, 3.8) is 0 Å². The summed E-state index contributed by atoms with van der Waals surface area (Å²) in [6, 6.07) is 20.0. The maximum atomic E-state index is 15.2. The van der Waals surface area contributed by atoms with E-state index >= 15 is 4.39 Å². The molecule has 0 aliphatic heterocycles. The molecule has 31 heavy (non-hydrogen) atoms. The highest BCUT2D eigenvalue weighted by Crippen LogP contribution is 2.43. The zero-order chi connectivity index (χ0) is 22.5. The van der Waals surface area contributed by atoms with Crippen LogP contribution in [-0.4, -0.2) is 19.4 Å². The van der Waals surface area contributed by atoms with Crippen LogP contribution in [0.5, 0.6) is 5.75 Å². The maximum Gasteiger partial charge on any atom is 0.429 e. The number of rotatable bonds is 8. The lowest BCUT2D eigenvalue weighted by molar-refractivity contribution is -0.252. The van der Waals surface area contributed by atoms with Crippen molar-refractivity contribution in [2.75, 3.05) is 13.2 Å². The van der Waals surface area contributed by atoms with Gasteiger partial charge in [-0.15, -0.1) is 0 Å². The minimum Gasteiger partial charge on any atom is -0.494 e. The van der Waals surface area contributed by atoms with Crippen molar-refractivity contribution in [3.05, 3.63) is 89.5 Å². The van der Waals surface area contributed by atoms with Crippen molar-refractivity contribution in [2.24, 2.45) is 0 Å². The summed E-state index contributed by atoms with van der Waals surface area (Å²) in [5.74, 6) is 0.380. The standard InChI is InChI=1S/C25H24F4O2/c1-3-31-22-14-12-21(13-15-22)24(26,25(27,28)29)17-30-16-20-10-7-11-23(18(20)2)19-8-5-4-6-9-19/h4-15H,3,16-17H2,1-2H3. The molecule has 0 aromatic heterocycles. The van der Waals surface area contributed by atoms with Gasteiger partial charge < -0.3 is 9.47 Å². The van der Waals surface area contributed by atoms with E-state index in [0.717, 1.165) is 28.8 Å². The van der Waals surface area contributed by atoms with E-state index in [1.54, 1.807) is 13.0 Å². The quantitative estimate of drug-likeness (QED) is 0.357. The van der Waals surface area contributed by atoms with E-state index in [-0.39, 0.29) is 6.61 Å². The second kappa shape index (κ2) is 9.52. The van der Waals surface area contributed by atoms with Crippen LogP contribution >= 0.6 is 0 Å². The SMILES string of the molecule is CCOc1ccc(C(F)(COCc2cccc(-c3ccccc3)c2C)C(F)(F)F)cc1. The van der Waals surface area contributed by atoms with Crippen LogP contribution in [0.3, 0.4) is 0 Å². The van der Waals surface area contributed by atoms with Crippen LogP contribution in [-0.2, 0) is 17.0 Å². The van der Waals surface area contributed by atoms with Crippen LogP contribution in [0.4, 0.5) is 17.6 Å². The number of ether oxygens (including phenoxy) is 2. The normalized spacial score (nSPS) is 13.6. The van der Waals surface area contributed by atoms with Gasteiger partial charge in [0.15, 0.2) is 0 Å². The fourth-order valence-corrected chi connectivity index (χ4v) is 3.38. The maximum absolute atomic E-state index is 15.2. The van der Waals surface area contributed by atoms with E-state index in [1.807, 2.05) is 49.4 Å². The third-order valence-electron chi connectivity index (χ3n) is 5.16. The van der Waals surface area contributed by atoms with E-state index in [4.69, 9.17) is 9.47 Å². The Labute approximate surface area is 179 Å². The molecule has 0 radical (unpaired) electrons. The summed E-state index contributed by atoms with van der Waals surface area (Å²) in [5, 5.41) is 0. The zero-order valence-corrected chi connectivity index (χ0v) is 17.4. The monoisotopic (exact) mass is 432 g/mol. The van der Waals surface area contributed by atoms with Gasteiger partial charge in [-0.2, -0.15) is 13.2 Å². The summed E-state index contributed by atoms with van der Waals surface area (Å²) in [6.07, 6.45) is -5.12. The lowest BCUT2D eigenvalue weighted by Crippen LogP contribution is -2.42. The molecule has 0 heterocycles. The number of benzene rings is 3. The summed E-state index contributed by atoms with van der Waals surface area (Å²) in [4.78, 5) is 0. The Morgan fingerprint density at radius 2 is 1.48 bits per heavy atom. The van der Waals surface area contributed by atoms with Gasteiger partial charge >= 0.3 is 6.18 Å². The molecule has 0 spiro atoms. The van der Waals surface area contributed by atoms with Gasteiger partial charge in [-0.25, -0.2) is 4.39 Å². The van der Waals surface area contributed by atoms with E-state index in [0.29, 0.717) is 17.9 Å². The highest BCUT2D eigenvalue weighted by atomic mass is 19.4. The molecule has 164 valence electrons. The summed E-state index contributed by atoms with van der Waals surface area (Å²) < 4.78 is 66.6. The molecule has 3 aromatic rings. The Kier molecular flexibility index (Phi) is 7.01. The molecule has 0 saturated carbocycles. The summed E-state index contributed by atoms with van der Waals surface area (Å²) >= 11 is 0. The molecule has 1 atom stereocenters. The molecule has 3 rings (SSSR count). The largest absolute Gasteiger partial charge is 0.494 e. The van der Waals surface area contributed by atoms with E-state index in [9.17, 15) is 13.2 Å². The fourth-order valence-electron chi connectivity index (χ4n) is 3.38. The third-order valence-corrected chi connectivity index (χ3v) is 5.16. The van der Waals surface area contributed by atoms with Gasteiger partial charge in [0, 0.05) is 5.56 Å². The average Bonchev–Trinajstić information content (AvgIpc) is 2.75. The molecule has 2 nitrogen and oxygen atoms in total. The van der Waals surface area contributed by atoms with Gasteiger partial charge in [0.05, 0.1) is 19.8 Å². The average molecular weight is 432 g/mol. The lowest BCUT2D eigenvalue weighted by Gasteiger charge is -2.28. The molecule has 0 bridgehead atoms. The Morgan fingerprint density at radius 3 is 2.10 bits per heavy atom. The molecule has 0 fully saturated rings. The summed E-state index contributed by atoms with van der Waals surface area (Å²) in [7, 11) is 0. The second-order valence-electron chi connectivity index (χ2n) is 7.20. The third kappa shape index (κ3) is 5.07. The molecule has 6 heteroatoms. The smallest absolute Gasteiger partial charge is 0.429 e. The molecular formula is C25H24F4O2. The van der Waals surface area contributed by atoms with Crippen LogP contribution in [0.15, 0.2) is 72.8 Å². The molecule has 0 N–H and O–H groups in total. The number of halogens is 4. The van der Waals surface area contributed by atoms with Gasteiger partial charge in [-0.05, 0) is 48.2 Å². The van der Waals surface area contributed by atoms with Crippen molar-refractivity contribution in [2.45, 2.75) is 32.3 Å². The highest BCUT2D eigenvalue weighted by molar-refractivity contribution is 5.68. The van der Waals surface area contributed by atoms with Gasteiger partial charge in [0.1, 0.15) is 5.75 Å². The molecule has 0 aliphatic carbocycles. The molecule has 0 amide bonds. The van der Waals surface area contributed by atoms with Gasteiger partial charge in [-0.1, -0.05) is 60.7 Å². The topological polar surface area (TPSA) is 18.5 Å². The first-order valence-corrected chi connectivity index (χ1v) is 9.97. The van der Waals surface area contributed by atoms with E-state index in [2.05, 4.69) is 0 Å². The second-order valence-corrected chi connectivity index (χ2v) is 7.20. The summed E-state index contributed by atoms with van der Waals surface area (Å²) in [5.41, 5.74) is -0.605. The first-order chi connectivity index (χ1) is 14.8. The number of hydrogen-bond donors (Lipinski definition) is 0. The van der Waals surface area contributed by atoms with Crippen LogP contribution in [0.2, 0.25) is 0 Å². The Morgan fingerprint density at radius 1 is 0.806 bits per heavy atom. The fraction of sp³-hybridized carbons (Fsp3) is 0.280. The van der Waals surface area contributed by atoms with Crippen molar-refractivity contribution >= 4 is 0 Å². The zero-order valence-electron chi connectivity index (χ0n) is 17.4. The van der Waals surface area contributed by atoms with Crippen LogP contribution in [0.1, 0.15) is 23.6 Å². The minimum atomic E-state index is -5.12. The molecule has 3 aromatic carbocycles. The van der Waals surface area contributed by atoms with Crippen molar-refractivity contribution in [1.29, 1.82) is 0 Å². The predicted octanol–water partition coefficient (Wildman–Crippen LogP) is 7.00. The highest BCUT2D eigenvalue weighted by Gasteiger charge is 2.57. The Hall–Kier alpha value is -2.86. The Bertz CT molecular complexity index is 985. The first kappa shape index (κ1) is 22.8. The van der Waals surface area contributed by atoms with Crippen molar-refractivity contribution in [3.8, 4) is 16.9 Å². The van der Waals surface area contributed by atoms with Crippen LogP contribution < -0.4 is 4.74 Å². The summed E-state index contributed by atoms with van der Waals surface area (Å²) in [6.45, 7) is 2.72. The van der Waals surface area contributed by atoms with Gasteiger partial charge in [0.25, 0.3) is 5.67 Å². The van der Waals surface area contributed by atoms with Crippen molar-refractivity contribution in [1.82, 2.24) is 0 Å².